The first kappa shape index (κ1) is 24.8. The molecule has 0 aromatic heterocycles. The third-order valence-electron chi connectivity index (χ3n) is 0. The van der Waals surface area contributed by atoms with E-state index in [-0.39, 0.29) is 51.4 Å². The maximum atomic E-state index is 8.88. The van der Waals surface area contributed by atoms with Gasteiger partial charge in [-0.15, -0.1) is 0 Å². The molecule has 0 aromatic carbocycles. The van der Waals surface area contributed by atoms with Gasteiger partial charge in [0.1, 0.15) is 0 Å². The molecule has 6 heteroatoms. The van der Waals surface area contributed by atoms with Gasteiger partial charge in [-0.25, -0.2) is 4.57 Å². The van der Waals surface area contributed by atoms with Gasteiger partial charge in [-0.2, -0.15) is 0 Å². The molecule has 0 saturated heterocycles. The third-order valence-corrected chi connectivity index (χ3v) is 0. The molecule has 0 aliphatic heterocycles. The zero-order valence-electron chi connectivity index (χ0n) is 9.35. The fourth-order valence-corrected chi connectivity index (χ4v) is 0. The molecular formula is C8H24KO4P. The van der Waals surface area contributed by atoms with Crippen LogP contribution in [0.2, 0.25) is 0 Å². The van der Waals surface area contributed by atoms with Crippen molar-refractivity contribution in [2.75, 3.05) is 0 Å². The van der Waals surface area contributed by atoms with Crippen LogP contribution in [0.3, 0.4) is 0 Å². The Morgan fingerprint density at radius 3 is 0.786 bits per heavy atom. The van der Waals surface area contributed by atoms with Crippen LogP contribution in [0.4, 0.5) is 0 Å². The predicted octanol–water partition coefficient (Wildman–Crippen LogP) is 1.75. The van der Waals surface area contributed by atoms with Gasteiger partial charge in [0.05, 0.1) is 0 Å². The number of phosphoric acid groups is 1. The second-order valence-corrected chi connectivity index (χ2v) is 5.00. The fourth-order valence-electron chi connectivity index (χ4n) is 0. The predicted molar refractivity (Wildman–Crippen MR) is 62.4 cm³/mol. The van der Waals surface area contributed by atoms with Crippen LogP contribution in [0.15, 0.2) is 0 Å². The molecule has 3 N–H and O–H groups in total. The summed E-state index contributed by atoms with van der Waals surface area (Å²) in [6, 6.07) is 0. The van der Waals surface area contributed by atoms with Crippen molar-refractivity contribution in [1.29, 1.82) is 0 Å². The number of hydrogen-bond donors (Lipinski definition) is 3. The van der Waals surface area contributed by atoms with Gasteiger partial charge < -0.3 is 14.7 Å². The van der Waals surface area contributed by atoms with Crippen molar-refractivity contribution in [2.24, 2.45) is 11.8 Å². The number of hydrogen-bond acceptors (Lipinski definition) is 1. The van der Waals surface area contributed by atoms with Crippen molar-refractivity contribution in [1.82, 2.24) is 0 Å². The van der Waals surface area contributed by atoms with E-state index in [2.05, 4.69) is 41.5 Å². The van der Waals surface area contributed by atoms with Crippen LogP contribution >= 0.6 is 7.82 Å². The van der Waals surface area contributed by atoms with Gasteiger partial charge in [0, 0.05) is 0 Å². The summed E-state index contributed by atoms with van der Waals surface area (Å²) >= 11 is 0. The standard InChI is InChI=1S/2C4H10.K.H3O4P.H/c2*1-4(2)3;;1-5(2,3)4;/h2*4H,1-3H3;;(H3,1,2,3,4);. The third kappa shape index (κ3) is 732. The fraction of sp³-hybridized carbons (Fsp3) is 1.00. The molecule has 14 heavy (non-hydrogen) atoms. The Labute approximate surface area is 130 Å². The molecular weight excluding hydrogens is 230 g/mol. The Bertz CT molecular complexity index is 114. The van der Waals surface area contributed by atoms with Crippen LogP contribution in [0.1, 0.15) is 41.5 Å². The molecule has 0 radical (unpaired) electrons. The summed E-state index contributed by atoms with van der Waals surface area (Å²) in [7, 11) is -4.64. The molecule has 0 spiro atoms. The summed E-state index contributed by atoms with van der Waals surface area (Å²) in [5.41, 5.74) is 0. The van der Waals surface area contributed by atoms with E-state index in [1.54, 1.807) is 0 Å². The van der Waals surface area contributed by atoms with E-state index in [0.717, 1.165) is 11.8 Å². The summed E-state index contributed by atoms with van der Waals surface area (Å²) < 4.78 is 8.88. The molecule has 0 unspecified atom stereocenters. The molecule has 0 amide bonds. The minimum absolute atomic E-state index is 0. The Hall–Kier alpha value is 1.75. The van der Waals surface area contributed by atoms with Crippen LogP contribution < -0.4 is 0 Å². The van der Waals surface area contributed by atoms with E-state index in [9.17, 15) is 0 Å². The first-order valence-corrected chi connectivity index (χ1v) is 5.81. The van der Waals surface area contributed by atoms with Crippen LogP contribution in [0.25, 0.3) is 0 Å². The zero-order chi connectivity index (χ0) is 11.7. The van der Waals surface area contributed by atoms with Gasteiger partial charge in [-0.3, -0.25) is 0 Å². The molecule has 4 nitrogen and oxygen atoms in total. The van der Waals surface area contributed by atoms with E-state index >= 15 is 0 Å². The van der Waals surface area contributed by atoms with Crippen LogP contribution in [-0.4, -0.2) is 66.1 Å². The Kier molecular flexibility index (Phi) is 26.1. The van der Waals surface area contributed by atoms with Crippen molar-refractivity contribution < 1.29 is 19.2 Å². The topological polar surface area (TPSA) is 77.8 Å². The molecule has 0 aliphatic rings. The normalized spacial score (nSPS) is 9.36. The van der Waals surface area contributed by atoms with Crippen molar-refractivity contribution in [3.8, 4) is 0 Å². The number of rotatable bonds is 0. The molecule has 0 fully saturated rings. The van der Waals surface area contributed by atoms with Crippen molar-refractivity contribution >= 4 is 59.2 Å². The molecule has 0 saturated carbocycles. The van der Waals surface area contributed by atoms with E-state index in [4.69, 9.17) is 19.2 Å². The summed E-state index contributed by atoms with van der Waals surface area (Å²) in [5, 5.41) is 0. The van der Waals surface area contributed by atoms with Crippen LogP contribution in [0, 0.1) is 11.8 Å². The first-order valence-electron chi connectivity index (χ1n) is 4.25. The van der Waals surface area contributed by atoms with E-state index in [1.807, 2.05) is 0 Å². The van der Waals surface area contributed by atoms with Crippen molar-refractivity contribution in [2.45, 2.75) is 41.5 Å². The maximum absolute atomic E-state index is 8.88. The molecule has 0 atom stereocenters. The second kappa shape index (κ2) is 14.7. The van der Waals surface area contributed by atoms with Gasteiger partial charge in [0.15, 0.2) is 0 Å². The monoisotopic (exact) mass is 254 g/mol. The molecule has 0 aliphatic carbocycles. The Balaban J connectivity index is -0.0000000522. The Morgan fingerprint density at radius 1 is 0.786 bits per heavy atom. The molecule has 86 valence electrons. The van der Waals surface area contributed by atoms with Crippen LogP contribution in [0.5, 0.6) is 0 Å². The first-order chi connectivity index (χ1) is 5.46. The molecule has 0 bridgehead atoms. The van der Waals surface area contributed by atoms with E-state index < -0.39 is 7.82 Å². The summed E-state index contributed by atoms with van der Waals surface area (Å²) in [6.07, 6.45) is 0. The van der Waals surface area contributed by atoms with Gasteiger partial charge >= 0.3 is 59.2 Å². The average molecular weight is 254 g/mol. The molecule has 0 heterocycles. The molecule has 0 aromatic rings. The quantitative estimate of drug-likeness (QED) is 0.454. The van der Waals surface area contributed by atoms with Crippen molar-refractivity contribution in [3.63, 3.8) is 0 Å². The van der Waals surface area contributed by atoms with Gasteiger partial charge in [-0.1, -0.05) is 41.5 Å². The Morgan fingerprint density at radius 2 is 0.786 bits per heavy atom. The van der Waals surface area contributed by atoms with Crippen LogP contribution in [-0.2, 0) is 4.57 Å². The molecule has 0 rings (SSSR count). The van der Waals surface area contributed by atoms with E-state index in [1.165, 1.54) is 0 Å². The zero-order valence-corrected chi connectivity index (χ0v) is 10.2. The summed E-state index contributed by atoms with van der Waals surface area (Å²) in [6.45, 7) is 13.0. The average Bonchev–Trinajstić information content (AvgIpc) is 1.50. The van der Waals surface area contributed by atoms with Crippen molar-refractivity contribution in [3.05, 3.63) is 0 Å². The second-order valence-electron chi connectivity index (χ2n) is 3.98. The SMILES string of the molecule is CC(C)C.CC(C)C.O=P(O)(O)O.[KH]. The van der Waals surface area contributed by atoms with Gasteiger partial charge in [-0.05, 0) is 11.8 Å². The van der Waals surface area contributed by atoms with Gasteiger partial charge in [0.25, 0.3) is 0 Å². The van der Waals surface area contributed by atoms with E-state index in [0.29, 0.717) is 0 Å². The summed E-state index contributed by atoms with van der Waals surface area (Å²) in [5.74, 6) is 1.67. The minimum atomic E-state index is -4.64. The summed E-state index contributed by atoms with van der Waals surface area (Å²) in [4.78, 5) is 21.6. The van der Waals surface area contributed by atoms with Gasteiger partial charge in [0.2, 0.25) is 0 Å².